The first-order chi connectivity index (χ1) is 9.47. The number of rotatable bonds is 6. The van der Waals surface area contributed by atoms with E-state index in [1.54, 1.807) is 7.05 Å². The minimum atomic E-state index is -0.681. The van der Waals surface area contributed by atoms with Crippen LogP contribution in [0.1, 0.15) is 18.1 Å². The van der Waals surface area contributed by atoms with Crippen LogP contribution in [0.4, 0.5) is 10.5 Å². The summed E-state index contributed by atoms with van der Waals surface area (Å²) in [5.41, 5.74) is 3.20. The van der Waals surface area contributed by atoms with Crippen LogP contribution in [-0.4, -0.2) is 49.5 Å². The van der Waals surface area contributed by atoms with E-state index in [9.17, 15) is 9.90 Å². The fraction of sp³-hybridized carbons (Fsp3) is 0.533. The number of likely N-dealkylation sites (N-methyl/N-ethyl adjacent to an activating group) is 1. The van der Waals surface area contributed by atoms with Gasteiger partial charge in [0.25, 0.3) is 0 Å². The van der Waals surface area contributed by atoms with Gasteiger partial charge in [-0.1, -0.05) is 13.0 Å². The molecule has 0 aliphatic heterocycles. The smallest absolute Gasteiger partial charge is 0.321 e. The number of aliphatic hydroxyl groups is 1. The number of benzene rings is 1. The maximum absolute atomic E-state index is 12.0. The molecule has 5 nitrogen and oxygen atoms in total. The lowest BCUT2D eigenvalue weighted by Crippen LogP contribution is -2.38. The third-order valence-corrected chi connectivity index (χ3v) is 3.17. The monoisotopic (exact) mass is 280 g/mol. The number of aliphatic hydroxyl groups excluding tert-OH is 1. The Morgan fingerprint density at radius 3 is 2.80 bits per heavy atom. The van der Waals surface area contributed by atoms with Gasteiger partial charge in [0, 0.05) is 19.8 Å². The molecule has 0 heterocycles. The lowest BCUT2D eigenvalue weighted by atomic mass is 10.1. The summed E-state index contributed by atoms with van der Waals surface area (Å²) in [4.78, 5) is 13.4. The number of aryl methyl sites for hydroxylation is 2. The van der Waals surface area contributed by atoms with Crippen LogP contribution in [0.5, 0.6) is 0 Å². The second-order valence-electron chi connectivity index (χ2n) is 4.91. The molecular weight excluding hydrogens is 256 g/mol. The Bertz CT molecular complexity index is 449. The fourth-order valence-electron chi connectivity index (χ4n) is 1.99. The molecule has 0 bridgehead atoms. The van der Waals surface area contributed by atoms with Crippen LogP contribution < -0.4 is 5.32 Å². The molecule has 2 N–H and O–H groups in total. The van der Waals surface area contributed by atoms with Crippen molar-refractivity contribution < 1.29 is 14.6 Å². The Morgan fingerprint density at radius 2 is 2.20 bits per heavy atom. The number of carbonyl (C=O) groups excluding carboxylic acids is 1. The quantitative estimate of drug-likeness (QED) is 0.838. The molecule has 0 saturated carbocycles. The average molecular weight is 280 g/mol. The van der Waals surface area contributed by atoms with Crippen molar-refractivity contribution in [2.75, 3.05) is 32.6 Å². The summed E-state index contributed by atoms with van der Waals surface area (Å²) in [5.74, 6) is 0. The summed E-state index contributed by atoms with van der Waals surface area (Å²) in [5, 5.41) is 12.4. The van der Waals surface area contributed by atoms with Crippen molar-refractivity contribution in [2.45, 2.75) is 26.4 Å². The lowest BCUT2D eigenvalue weighted by molar-refractivity contribution is 0.0501. The molecule has 0 fully saturated rings. The van der Waals surface area contributed by atoms with E-state index in [-0.39, 0.29) is 19.2 Å². The van der Waals surface area contributed by atoms with Crippen molar-refractivity contribution >= 4 is 11.7 Å². The zero-order chi connectivity index (χ0) is 15.1. The van der Waals surface area contributed by atoms with Gasteiger partial charge in [0.15, 0.2) is 0 Å². The predicted molar refractivity (Wildman–Crippen MR) is 80.1 cm³/mol. The summed E-state index contributed by atoms with van der Waals surface area (Å²) < 4.78 is 4.84. The molecule has 2 amide bonds. The Labute approximate surface area is 120 Å². The zero-order valence-electron chi connectivity index (χ0n) is 12.6. The largest absolute Gasteiger partial charge is 0.389 e. The van der Waals surface area contributed by atoms with Gasteiger partial charge in [-0.05, 0) is 36.6 Å². The average Bonchev–Trinajstić information content (AvgIpc) is 2.41. The third-order valence-electron chi connectivity index (χ3n) is 3.17. The topological polar surface area (TPSA) is 61.8 Å². The van der Waals surface area contributed by atoms with Crippen LogP contribution in [0, 0.1) is 6.92 Å². The Hall–Kier alpha value is -1.59. The highest BCUT2D eigenvalue weighted by Crippen LogP contribution is 2.16. The normalized spacial score (nSPS) is 12.1. The van der Waals surface area contributed by atoms with Gasteiger partial charge in [-0.3, -0.25) is 0 Å². The lowest BCUT2D eigenvalue weighted by Gasteiger charge is -2.21. The Balaban J connectivity index is 2.61. The van der Waals surface area contributed by atoms with Gasteiger partial charge >= 0.3 is 6.03 Å². The van der Waals surface area contributed by atoms with Crippen LogP contribution in [-0.2, 0) is 11.2 Å². The highest BCUT2D eigenvalue weighted by molar-refractivity contribution is 5.89. The number of hydrogen-bond donors (Lipinski definition) is 2. The number of nitrogens with one attached hydrogen (secondary N) is 1. The molecule has 0 spiro atoms. The van der Waals surface area contributed by atoms with E-state index in [0.717, 1.165) is 12.1 Å². The van der Waals surface area contributed by atoms with Crippen molar-refractivity contribution in [2.24, 2.45) is 0 Å². The van der Waals surface area contributed by atoms with Crippen molar-refractivity contribution in [3.8, 4) is 0 Å². The standard InChI is InChI=1S/C15H24N2O3/c1-5-12-8-13(7-6-11(12)2)16-15(19)17(3)9-14(18)10-20-4/h6-8,14,18H,5,9-10H2,1-4H3,(H,16,19). The molecule has 1 atom stereocenters. The summed E-state index contributed by atoms with van der Waals surface area (Å²) in [6.45, 7) is 4.58. The van der Waals surface area contributed by atoms with Gasteiger partial charge < -0.3 is 20.1 Å². The number of carbonyl (C=O) groups is 1. The third kappa shape index (κ3) is 4.83. The van der Waals surface area contributed by atoms with Crippen molar-refractivity contribution in [3.63, 3.8) is 0 Å². The number of urea groups is 1. The number of ether oxygens (including phenoxy) is 1. The minimum absolute atomic E-state index is 0.210. The highest BCUT2D eigenvalue weighted by atomic mass is 16.5. The van der Waals surface area contributed by atoms with E-state index in [0.29, 0.717) is 0 Å². The number of amides is 2. The van der Waals surface area contributed by atoms with Crippen molar-refractivity contribution in [3.05, 3.63) is 29.3 Å². The van der Waals surface area contributed by atoms with Gasteiger partial charge in [-0.25, -0.2) is 4.79 Å². The van der Waals surface area contributed by atoms with E-state index < -0.39 is 6.10 Å². The van der Waals surface area contributed by atoms with Gasteiger partial charge in [-0.2, -0.15) is 0 Å². The minimum Gasteiger partial charge on any atom is -0.389 e. The maximum Gasteiger partial charge on any atom is 0.321 e. The highest BCUT2D eigenvalue weighted by Gasteiger charge is 2.13. The zero-order valence-corrected chi connectivity index (χ0v) is 12.6. The molecule has 0 aliphatic rings. The second-order valence-corrected chi connectivity index (χ2v) is 4.91. The van der Waals surface area contributed by atoms with Crippen LogP contribution in [0.25, 0.3) is 0 Å². The van der Waals surface area contributed by atoms with Gasteiger partial charge in [-0.15, -0.1) is 0 Å². The van der Waals surface area contributed by atoms with E-state index in [1.165, 1.54) is 23.1 Å². The van der Waals surface area contributed by atoms with Crippen LogP contribution in [0.15, 0.2) is 18.2 Å². The molecule has 1 aromatic rings. The van der Waals surface area contributed by atoms with Crippen LogP contribution in [0.2, 0.25) is 0 Å². The van der Waals surface area contributed by atoms with Crippen LogP contribution in [0.3, 0.4) is 0 Å². The predicted octanol–water partition coefficient (Wildman–Crippen LogP) is 2.03. The molecule has 5 heteroatoms. The molecule has 0 saturated heterocycles. The SMILES string of the molecule is CCc1cc(NC(=O)N(C)CC(O)COC)ccc1C. The van der Waals surface area contributed by atoms with E-state index in [2.05, 4.69) is 19.2 Å². The summed E-state index contributed by atoms with van der Waals surface area (Å²) >= 11 is 0. The molecule has 1 unspecified atom stereocenters. The number of methoxy groups -OCH3 is 1. The molecule has 0 radical (unpaired) electrons. The summed E-state index contributed by atoms with van der Waals surface area (Å²) in [6, 6.07) is 5.61. The molecule has 112 valence electrons. The first-order valence-corrected chi connectivity index (χ1v) is 6.76. The molecule has 20 heavy (non-hydrogen) atoms. The van der Waals surface area contributed by atoms with Gasteiger partial charge in [0.05, 0.1) is 19.3 Å². The van der Waals surface area contributed by atoms with Gasteiger partial charge in [0.1, 0.15) is 0 Å². The molecule has 0 aliphatic carbocycles. The molecule has 1 aromatic carbocycles. The summed E-state index contributed by atoms with van der Waals surface area (Å²) in [6.07, 6.45) is 0.248. The molecule has 1 rings (SSSR count). The van der Waals surface area contributed by atoms with Crippen molar-refractivity contribution in [1.82, 2.24) is 4.90 Å². The van der Waals surface area contributed by atoms with E-state index in [1.807, 2.05) is 18.2 Å². The molecule has 0 aromatic heterocycles. The Kier molecular flexibility index (Phi) is 6.48. The van der Waals surface area contributed by atoms with E-state index in [4.69, 9.17) is 4.74 Å². The van der Waals surface area contributed by atoms with Crippen molar-refractivity contribution in [1.29, 1.82) is 0 Å². The first-order valence-electron chi connectivity index (χ1n) is 6.76. The first kappa shape index (κ1) is 16.5. The molecular formula is C15H24N2O3. The number of nitrogens with zero attached hydrogens (tertiary/aromatic N) is 1. The summed E-state index contributed by atoms with van der Waals surface area (Å²) in [7, 11) is 3.16. The maximum atomic E-state index is 12.0. The van der Waals surface area contributed by atoms with Crippen LogP contribution >= 0.6 is 0 Å². The fourth-order valence-corrected chi connectivity index (χ4v) is 1.99. The second kappa shape index (κ2) is 7.87. The van der Waals surface area contributed by atoms with E-state index >= 15 is 0 Å². The number of hydrogen-bond acceptors (Lipinski definition) is 3. The Morgan fingerprint density at radius 1 is 1.50 bits per heavy atom. The number of anilines is 1. The van der Waals surface area contributed by atoms with Gasteiger partial charge in [0.2, 0.25) is 0 Å².